The second kappa shape index (κ2) is 11.5. The summed E-state index contributed by atoms with van der Waals surface area (Å²) in [5.74, 6) is -0.476. The van der Waals surface area contributed by atoms with Crippen LogP contribution in [0.4, 0.5) is 11.4 Å². The van der Waals surface area contributed by atoms with Gasteiger partial charge in [-0.2, -0.15) is 0 Å². The number of imidazole rings is 1. The number of hydrogen-bond donors (Lipinski definition) is 2. The number of nitrogens with one attached hydrogen (secondary N) is 2. The lowest BCUT2D eigenvalue weighted by Gasteiger charge is -2.14. The van der Waals surface area contributed by atoms with E-state index in [2.05, 4.69) is 15.6 Å². The fraction of sp³-hybridized carbons (Fsp3) is 0.458. The standard InChI is InChI=1S/C24H32N6O5/c1-5-7-11-28-15-25-22-21(28)23(33)30(24(34)29(22)12-8-6-2)14-20(32)27-18-13-17(26-16(3)31)9-10-19(18)35-4/h9-10,13,15H,5-8,11-12,14H2,1-4H3,(H,26,31)(H,27,32). The summed E-state index contributed by atoms with van der Waals surface area (Å²) in [5, 5.41) is 5.33. The lowest BCUT2D eigenvalue weighted by Crippen LogP contribution is -2.43. The highest BCUT2D eigenvalue weighted by Crippen LogP contribution is 2.27. The summed E-state index contributed by atoms with van der Waals surface area (Å²) in [6, 6.07) is 4.78. The number of nitrogens with zero attached hydrogens (tertiary/aromatic N) is 4. The second-order valence-electron chi connectivity index (χ2n) is 8.29. The molecular weight excluding hydrogens is 452 g/mol. The maximum absolute atomic E-state index is 13.3. The number of carbonyl (C=O) groups is 2. The van der Waals surface area contributed by atoms with E-state index in [0.717, 1.165) is 30.3 Å². The van der Waals surface area contributed by atoms with Gasteiger partial charge in [-0.3, -0.25) is 19.0 Å². The van der Waals surface area contributed by atoms with E-state index in [0.29, 0.717) is 41.4 Å². The number of aromatic nitrogens is 4. The van der Waals surface area contributed by atoms with Gasteiger partial charge in [0.25, 0.3) is 5.56 Å². The molecule has 1 aromatic carbocycles. The molecule has 0 atom stereocenters. The number of benzene rings is 1. The number of ether oxygens (including phenoxy) is 1. The zero-order valence-electron chi connectivity index (χ0n) is 20.6. The number of hydrogen-bond acceptors (Lipinski definition) is 6. The third-order valence-corrected chi connectivity index (χ3v) is 5.57. The highest BCUT2D eigenvalue weighted by Gasteiger charge is 2.20. The molecule has 0 radical (unpaired) electrons. The smallest absolute Gasteiger partial charge is 0.333 e. The molecule has 2 aromatic heterocycles. The molecule has 11 heteroatoms. The molecule has 2 heterocycles. The van der Waals surface area contributed by atoms with E-state index in [9.17, 15) is 19.2 Å². The van der Waals surface area contributed by atoms with Gasteiger partial charge < -0.3 is 19.9 Å². The van der Waals surface area contributed by atoms with Crippen molar-refractivity contribution in [1.29, 1.82) is 0 Å². The first-order valence-corrected chi connectivity index (χ1v) is 11.7. The Morgan fingerprint density at radius 1 is 1.03 bits per heavy atom. The fourth-order valence-electron chi connectivity index (χ4n) is 3.81. The van der Waals surface area contributed by atoms with Crippen LogP contribution in [0.5, 0.6) is 5.75 Å². The Morgan fingerprint density at radius 3 is 2.40 bits per heavy atom. The lowest BCUT2D eigenvalue weighted by molar-refractivity contribution is -0.117. The van der Waals surface area contributed by atoms with Crippen LogP contribution in [0.2, 0.25) is 0 Å². The van der Waals surface area contributed by atoms with Crippen molar-refractivity contribution in [2.24, 2.45) is 0 Å². The van der Waals surface area contributed by atoms with E-state index < -0.39 is 23.7 Å². The summed E-state index contributed by atoms with van der Waals surface area (Å²) in [7, 11) is 1.45. The van der Waals surface area contributed by atoms with Crippen molar-refractivity contribution in [3.63, 3.8) is 0 Å². The van der Waals surface area contributed by atoms with Gasteiger partial charge in [-0.15, -0.1) is 0 Å². The third-order valence-electron chi connectivity index (χ3n) is 5.57. The minimum absolute atomic E-state index is 0.264. The predicted octanol–water partition coefficient (Wildman–Crippen LogP) is 2.57. The van der Waals surface area contributed by atoms with E-state index in [-0.39, 0.29) is 5.91 Å². The number of rotatable bonds is 11. The minimum Gasteiger partial charge on any atom is -0.495 e. The van der Waals surface area contributed by atoms with Gasteiger partial charge in [-0.1, -0.05) is 26.7 Å². The van der Waals surface area contributed by atoms with Crippen molar-refractivity contribution >= 4 is 34.4 Å². The lowest BCUT2D eigenvalue weighted by atomic mass is 10.2. The zero-order chi connectivity index (χ0) is 25.5. The predicted molar refractivity (Wildman–Crippen MR) is 134 cm³/mol. The molecule has 0 fully saturated rings. The summed E-state index contributed by atoms with van der Waals surface area (Å²) in [4.78, 5) is 55.3. The van der Waals surface area contributed by atoms with Gasteiger partial charge in [0.15, 0.2) is 11.2 Å². The van der Waals surface area contributed by atoms with E-state index in [1.807, 2.05) is 13.8 Å². The Bertz CT molecular complexity index is 1340. The number of unbranched alkanes of at least 4 members (excludes halogenated alkanes) is 2. The van der Waals surface area contributed by atoms with Crippen molar-refractivity contribution in [2.75, 3.05) is 17.7 Å². The molecule has 0 spiro atoms. The molecule has 35 heavy (non-hydrogen) atoms. The van der Waals surface area contributed by atoms with Crippen molar-refractivity contribution in [3.8, 4) is 5.75 Å². The van der Waals surface area contributed by atoms with Crippen LogP contribution in [0.1, 0.15) is 46.5 Å². The monoisotopic (exact) mass is 484 g/mol. The van der Waals surface area contributed by atoms with Gasteiger partial charge in [0.1, 0.15) is 12.3 Å². The molecule has 0 aliphatic carbocycles. The van der Waals surface area contributed by atoms with E-state index >= 15 is 0 Å². The number of anilines is 2. The number of aryl methyl sites for hydroxylation is 2. The Labute approximate surface area is 202 Å². The molecule has 2 N–H and O–H groups in total. The molecule has 0 unspecified atom stereocenters. The maximum atomic E-state index is 13.3. The summed E-state index contributed by atoms with van der Waals surface area (Å²) < 4.78 is 9.45. The number of carbonyl (C=O) groups excluding carboxylic acids is 2. The summed E-state index contributed by atoms with van der Waals surface area (Å²) in [6.07, 6.45) is 4.95. The van der Waals surface area contributed by atoms with Crippen LogP contribution < -0.4 is 26.6 Å². The molecule has 0 bridgehead atoms. The van der Waals surface area contributed by atoms with Gasteiger partial charge >= 0.3 is 5.69 Å². The fourth-order valence-corrected chi connectivity index (χ4v) is 3.81. The molecule has 0 aliphatic rings. The average Bonchev–Trinajstić information content (AvgIpc) is 3.24. The Hall–Kier alpha value is -3.89. The molecule has 11 nitrogen and oxygen atoms in total. The second-order valence-corrected chi connectivity index (χ2v) is 8.29. The van der Waals surface area contributed by atoms with Crippen molar-refractivity contribution in [1.82, 2.24) is 18.7 Å². The van der Waals surface area contributed by atoms with Crippen LogP contribution in [0.25, 0.3) is 11.2 Å². The normalized spacial score (nSPS) is 11.0. The zero-order valence-corrected chi connectivity index (χ0v) is 20.6. The quantitative estimate of drug-likeness (QED) is 0.430. The first kappa shape index (κ1) is 25.7. The van der Waals surface area contributed by atoms with Crippen LogP contribution in [-0.4, -0.2) is 37.6 Å². The van der Waals surface area contributed by atoms with Crippen LogP contribution >= 0.6 is 0 Å². The molecule has 3 aromatic rings. The largest absolute Gasteiger partial charge is 0.495 e. The van der Waals surface area contributed by atoms with Crippen LogP contribution in [-0.2, 0) is 29.2 Å². The first-order chi connectivity index (χ1) is 16.8. The van der Waals surface area contributed by atoms with Crippen LogP contribution in [0.3, 0.4) is 0 Å². The van der Waals surface area contributed by atoms with Gasteiger partial charge in [0, 0.05) is 25.7 Å². The highest BCUT2D eigenvalue weighted by molar-refractivity contribution is 5.95. The summed E-state index contributed by atoms with van der Waals surface area (Å²) >= 11 is 0. The minimum atomic E-state index is -0.580. The molecule has 0 saturated carbocycles. The van der Waals surface area contributed by atoms with Crippen molar-refractivity contribution < 1.29 is 14.3 Å². The Morgan fingerprint density at radius 2 is 1.74 bits per heavy atom. The van der Waals surface area contributed by atoms with Crippen molar-refractivity contribution in [3.05, 3.63) is 45.4 Å². The highest BCUT2D eigenvalue weighted by atomic mass is 16.5. The van der Waals surface area contributed by atoms with Crippen LogP contribution in [0, 0.1) is 0 Å². The van der Waals surface area contributed by atoms with Crippen molar-refractivity contribution in [2.45, 2.75) is 66.1 Å². The molecule has 0 aliphatic heterocycles. The summed E-state index contributed by atoms with van der Waals surface area (Å²) in [6.45, 7) is 5.94. The molecule has 188 valence electrons. The van der Waals surface area contributed by atoms with E-state index in [1.165, 1.54) is 18.6 Å². The van der Waals surface area contributed by atoms with Gasteiger partial charge in [0.05, 0.1) is 19.1 Å². The topological polar surface area (TPSA) is 129 Å². The Balaban J connectivity index is 2.00. The number of amides is 2. The van der Waals surface area contributed by atoms with Gasteiger partial charge in [-0.25, -0.2) is 14.3 Å². The molecule has 0 saturated heterocycles. The molecular formula is C24H32N6O5. The van der Waals surface area contributed by atoms with Crippen LogP contribution in [0.15, 0.2) is 34.1 Å². The maximum Gasteiger partial charge on any atom is 0.333 e. The van der Waals surface area contributed by atoms with E-state index in [4.69, 9.17) is 4.74 Å². The number of fused-ring (bicyclic) bond motifs is 1. The number of methoxy groups -OCH3 is 1. The van der Waals surface area contributed by atoms with Gasteiger partial charge in [0.2, 0.25) is 11.8 Å². The molecule has 2 amide bonds. The summed E-state index contributed by atoms with van der Waals surface area (Å²) in [5.41, 5.74) is 0.287. The Kier molecular flexibility index (Phi) is 8.45. The molecule has 3 rings (SSSR count). The van der Waals surface area contributed by atoms with Gasteiger partial charge in [-0.05, 0) is 31.0 Å². The third kappa shape index (κ3) is 5.79. The van der Waals surface area contributed by atoms with E-state index in [1.54, 1.807) is 29.1 Å². The first-order valence-electron chi connectivity index (χ1n) is 11.7. The SMILES string of the molecule is CCCCn1cnc2c1c(=O)n(CC(=O)Nc1cc(NC(C)=O)ccc1OC)c(=O)n2CCCC. The average molecular weight is 485 g/mol.